The molecule has 0 aliphatic heterocycles. The summed E-state index contributed by atoms with van der Waals surface area (Å²) < 4.78 is 22.0. The number of hydrogen-bond donors (Lipinski definition) is 1. The molecule has 4 nitrogen and oxygen atoms in total. The van der Waals surface area contributed by atoms with Crippen LogP contribution in [-0.4, -0.2) is 30.8 Å². The number of nitrogens with zero attached hydrogens (tertiary/aromatic N) is 1. The summed E-state index contributed by atoms with van der Waals surface area (Å²) >= 11 is 0. The first-order valence-electron chi connectivity index (χ1n) is 3.45. The Labute approximate surface area is 65.8 Å². The molecule has 1 rings (SSSR count). The van der Waals surface area contributed by atoms with E-state index in [-0.39, 0.29) is 0 Å². The molecule has 1 aliphatic rings. The van der Waals surface area contributed by atoms with Crippen LogP contribution in [0.2, 0.25) is 0 Å². The van der Waals surface area contributed by atoms with Gasteiger partial charge in [0.2, 0.25) is 0 Å². The van der Waals surface area contributed by atoms with E-state index in [4.69, 9.17) is 5.21 Å². The lowest BCUT2D eigenvalue weighted by atomic mass is 10.3. The summed E-state index contributed by atoms with van der Waals surface area (Å²) in [4.78, 5) is 0. The maximum absolute atomic E-state index is 11.0. The molecule has 0 aromatic rings. The molecule has 1 N–H and O–H groups in total. The fourth-order valence-corrected chi connectivity index (χ4v) is 2.63. The molecule has 0 aromatic carbocycles. The van der Waals surface area contributed by atoms with Crippen LogP contribution in [0.25, 0.3) is 0 Å². The third kappa shape index (κ3) is 1.71. The third-order valence-corrected chi connectivity index (χ3v) is 3.46. The monoisotopic (exact) mass is 177 g/mol. The smallest absolute Gasteiger partial charge is 0.155 e. The van der Waals surface area contributed by atoms with Crippen molar-refractivity contribution in [3.63, 3.8) is 0 Å². The molecular weight excluding hydrogens is 166 g/mol. The lowest BCUT2D eigenvalue weighted by Crippen LogP contribution is -2.24. The maximum Gasteiger partial charge on any atom is 0.155 e. The van der Waals surface area contributed by atoms with Crippen molar-refractivity contribution in [2.75, 3.05) is 6.26 Å². The first-order valence-corrected chi connectivity index (χ1v) is 5.41. The Balaban J connectivity index is 2.90. The molecule has 0 amide bonds. The summed E-state index contributed by atoms with van der Waals surface area (Å²) in [5.74, 6) is 0. The average Bonchev–Trinajstić information content (AvgIpc) is 2.31. The van der Waals surface area contributed by atoms with Crippen LogP contribution in [0.1, 0.15) is 19.3 Å². The van der Waals surface area contributed by atoms with Crippen molar-refractivity contribution < 1.29 is 13.6 Å². The predicted molar refractivity (Wildman–Crippen MR) is 41.7 cm³/mol. The second-order valence-corrected chi connectivity index (χ2v) is 5.03. The van der Waals surface area contributed by atoms with Gasteiger partial charge in [0, 0.05) is 6.26 Å². The number of rotatable bonds is 1. The minimum atomic E-state index is -3.05. The topological polar surface area (TPSA) is 66.7 Å². The van der Waals surface area contributed by atoms with Crippen molar-refractivity contribution in [2.24, 2.45) is 5.16 Å². The summed E-state index contributed by atoms with van der Waals surface area (Å²) in [7, 11) is -3.05. The number of oxime groups is 1. The van der Waals surface area contributed by atoms with Crippen molar-refractivity contribution in [1.82, 2.24) is 0 Å². The van der Waals surface area contributed by atoms with Crippen LogP contribution in [0.4, 0.5) is 0 Å². The fourth-order valence-electron chi connectivity index (χ4n) is 1.37. The van der Waals surface area contributed by atoms with E-state index in [0.717, 1.165) is 6.42 Å². The molecule has 0 radical (unpaired) electrons. The van der Waals surface area contributed by atoms with Gasteiger partial charge in [-0.1, -0.05) is 5.16 Å². The van der Waals surface area contributed by atoms with Gasteiger partial charge in [0.25, 0.3) is 0 Å². The van der Waals surface area contributed by atoms with Crippen LogP contribution < -0.4 is 0 Å². The van der Waals surface area contributed by atoms with Crippen molar-refractivity contribution in [1.29, 1.82) is 0 Å². The molecule has 0 heterocycles. The van der Waals surface area contributed by atoms with Crippen LogP contribution in [0, 0.1) is 0 Å². The maximum atomic E-state index is 11.0. The largest absolute Gasteiger partial charge is 0.411 e. The molecule has 1 saturated carbocycles. The zero-order valence-electron chi connectivity index (χ0n) is 6.32. The Morgan fingerprint density at radius 2 is 2.27 bits per heavy atom. The van der Waals surface area contributed by atoms with Gasteiger partial charge in [-0.05, 0) is 19.3 Å². The highest BCUT2D eigenvalue weighted by molar-refractivity contribution is 7.92. The summed E-state index contributed by atoms with van der Waals surface area (Å²) in [5, 5.41) is 10.9. The fraction of sp³-hybridized carbons (Fsp3) is 0.833. The lowest BCUT2D eigenvalue weighted by molar-refractivity contribution is 0.317. The van der Waals surface area contributed by atoms with Crippen LogP contribution in [0.5, 0.6) is 0 Å². The lowest BCUT2D eigenvalue weighted by Gasteiger charge is -2.05. The van der Waals surface area contributed by atoms with E-state index in [9.17, 15) is 8.42 Å². The standard InChI is InChI=1S/C6H11NO3S/c1-11(9,10)6-4-2-3-5(6)7-8/h6,8H,2-4H2,1H3/b7-5+. The van der Waals surface area contributed by atoms with E-state index < -0.39 is 15.1 Å². The summed E-state index contributed by atoms with van der Waals surface area (Å²) in [6.07, 6.45) is 3.18. The molecule has 1 atom stereocenters. The molecule has 1 unspecified atom stereocenters. The molecule has 0 aromatic heterocycles. The molecule has 1 aliphatic carbocycles. The zero-order valence-corrected chi connectivity index (χ0v) is 7.13. The van der Waals surface area contributed by atoms with Gasteiger partial charge in [-0.3, -0.25) is 0 Å². The zero-order chi connectivity index (χ0) is 8.48. The Kier molecular flexibility index (Phi) is 2.17. The van der Waals surface area contributed by atoms with E-state index in [2.05, 4.69) is 5.16 Å². The van der Waals surface area contributed by atoms with Gasteiger partial charge in [-0.25, -0.2) is 8.42 Å². The van der Waals surface area contributed by atoms with Gasteiger partial charge in [-0.15, -0.1) is 0 Å². The average molecular weight is 177 g/mol. The minimum Gasteiger partial charge on any atom is -0.411 e. The summed E-state index contributed by atoms with van der Waals surface area (Å²) in [6, 6.07) is 0. The van der Waals surface area contributed by atoms with E-state index in [1.807, 2.05) is 0 Å². The molecule has 5 heteroatoms. The van der Waals surface area contributed by atoms with Crippen molar-refractivity contribution in [3.8, 4) is 0 Å². The third-order valence-electron chi connectivity index (χ3n) is 1.92. The van der Waals surface area contributed by atoms with Gasteiger partial charge in [0.15, 0.2) is 9.84 Å². The van der Waals surface area contributed by atoms with Gasteiger partial charge < -0.3 is 5.21 Å². The normalized spacial score (nSPS) is 29.5. The Hall–Kier alpha value is -0.580. The first kappa shape index (κ1) is 8.52. The highest BCUT2D eigenvalue weighted by Gasteiger charge is 2.31. The molecule has 0 saturated heterocycles. The predicted octanol–water partition coefficient (Wildman–Crippen LogP) is 0.414. The summed E-state index contributed by atoms with van der Waals surface area (Å²) in [5.41, 5.74) is 0.410. The van der Waals surface area contributed by atoms with Crippen molar-refractivity contribution >= 4 is 15.5 Å². The van der Waals surface area contributed by atoms with Crippen LogP contribution in [0.15, 0.2) is 5.16 Å². The minimum absolute atomic E-state index is 0.410. The molecule has 64 valence electrons. The Morgan fingerprint density at radius 1 is 1.64 bits per heavy atom. The highest BCUT2D eigenvalue weighted by atomic mass is 32.2. The molecular formula is C6H11NO3S. The molecule has 0 spiro atoms. The molecule has 1 fully saturated rings. The van der Waals surface area contributed by atoms with E-state index in [0.29, 0.717) is 18.6 Å². The first-order chi connectivity index (χ1) is 5.05. The van der Waals surface area contributed by atoms with Gasteiger partial charge in [-0.2, -0.15) is 0 Å². The molecule has 11 heavy (non-hydrogen) atoms. The Bertz CT molecular complexity index is 268. The van der Waals surface area contributed by atoms with Crippen molar-refractivity contribution in [2.45, 2.75) is 24.5 Å². The second-order valence-electron chi connectivity index (χ2n) is 2.80. The number of hydrogen-bond acceptors (Lipinski definition) is 4. The van der Waals surface area contributed by atoms with Gasteiger partial charge in [0.1, 0.15) is 5.25 Å². The van der Waals surface area contributed by atoms with Crippen LogP contribution in [-0.2, 0) is 9.84 Å². The Morgan fingerprint density at radius 3 is 2.64 bits per heavy atom. The highest BCUT2D eigenvalue weighted by Crippen LogP contribution is 2.21. The van der Waals surface area contributed by atoms with E-state index in [1.54, 1.807) is 0 Å². The van der Waals surface area contributed by atoms with Gasteiger partial charge in [0.05, 0.1) is 5.71 Å². The quantitative estimate of drug-likeness (QED) is 0.466. The number of sulfone groups is 1. The SMILES string of the molecule is CS(=O)(=O)C1CCC/C1=N\O. The van der Waals surface area contributed by atoms with Crippen LogP contribution >= 0.6 is 0 Å². The van der Waals surface area contributed by atoms with Crippen LogP contribution in [0.3, 0.4) is 0 Å². The summed E-state index contributed by atoms with van der Waals surface area (Å²) in [6.45, 7) is 0. The second kappa shape index (κ2) is 2.81. The van der Waals surface area contributed by atoms with Gasteiger partial charge >= 0.3 is 0 Å². The van der Waals surface area contributed by atoms with E-state index in [1.165, 1.54) is 6.26 Å². The van der Waals surface area contributed by atoms with Crippen molar-refractivity contribution in [3.05, 3.63) is 0 Å². The molecule has 0 bridgehead atoms. The van der Waals surface area contributed by atoms with E-state index >= 15 is 0 Å².